The fraction of sp³-hybridized carbons (Fsp3) is 0.269. The maximum Gasteiger partial charge on any atom is 0.261 e. The molecule has 2 N–H and O–H groups in total. The van der Waals surface area contributed by atoms with E-state index in [-0.39, 0.29) is 22.4 Å². The Labute approximate surface area is 205 Å². The molecule has 3 aromatic rings. The molecule has 8 nitrogen and oxygen atoms in total. The van der Waals surface area contributed by atoms with E-state index < -0.39 is 10.0 Å². The van der Waals surface area contributed by atoms with Crippen LogP contribution >= 0.6 is 0 Å². The fourth-order valence-corrected chi connectivity index (χ4v) is 4.98. The minimum Gasteiger partial charge on any atom is -0.497 e. The normalized spacial score (nSPS) is 15.2. The molecule has 0 aromatic heterocycles. The smallest absolute Gasteiger partial charge is 0.261 e. The lowest BCUT2D eigenvalue weighted by Gasteiger charge is -2.31. The number of benzene rings is 3. The summed E-state index contributed by atoms with van der Waals surface area (Å²) < 4.78 is 39.0. The second kappa shape index (κ2) is 11.4. The van der Waals surface area contributed by atoms with E-state index in [1.165, 1.54) is 12.1 Å². The van der Waals surface area contributed by atoms with Crippen LogP contribution in [0.2, 0.25) is 0 Å². The summed E-state index contributed by atoms with van der Waals surface area (Å²) in [6, 6.07) is 22.1. The van der Waals surface area contributed by atoms with Crippen molar-refractivity contribution in [2.24, 2.45) is 0 Å². The Balaban J connectivity index is 1.51. The van der Waals surface area contributed by atoms with E-state index in [2.05, 4.69) is 14.9 Å². The van der Waals surface area contributed by atoms with Gasteiger partial charge in [0.05, 0.1) is 31.3 Å². The molecule has 0 aliphatic carbocycles. The third kappa shape index (κ3) is 6.60. The number of nitrogens with zero attached hydrogens (tertiary/aromatic N) is 1. The average Bonchev–Trinajstić information content (AvgIpc) is 2.90. The molecule has 1 heterocycles. The van der Waals surface area contributed by atoms with Gasteiger partial charge in [0.1, 0.15) is 5.75 Å². The van der Waals surface area contributed by atoms with Crippen molar-refractivity contribution < 1.29 is 22.7 Å². The number of morpholine rings is 1. The highest BCUT2D eigenvalue weighted by atomic mass is 32.2. The summed E-state index contributed by atoms with van der Waals surface area (Å²) in [6.07, 6.45) is 0. The molecule has 0 bridgehead atoms. The molecule has 0 radical (unpaired) electrons. The van der Waals surface area contributed by atoms with E-state index >= 15 is 0 Å². The first-order valence-electron chi connectivity index (χ1n) is 11.4. The number of anilines is 1. The van der Waals surface area contributed by atoms with Crippen molar-refractivity contribution >= 4 is 21.6 Å². The van der Waals surface area contributed by atoms with Gasteiger partial charge in [-0.05, 0) is 48.0 Å². The standard InChI is InChI=1S/C26H29N3O5S/c1-33-23-12-10-22(11-13-23)28-35(31,32)24-9-5-8-21(18-24)26(30)27-25(20-6-3-2-4-7-20)19-29-14-16-34-17-15-29/h2-13,18,25,28H,14-17,19H2,1H3,(H,27,30). The Morgan fingerprint density at radius 1 is 1.00 bits per heavy atom. The first-order valence-corrected chi connectivity index (χ1v) is 12.9. The van der Waals surface area contributed by atoms with Crippen LogP contribution in [0, 0.1) is 0 Å². The molecule has 1 atom stereocenters. The Kier molecular flexibility index (Phi) is 8.02. The SMILES string of the molecule is COc1ccc(NS(=O)(=O)c2cccc(C(=O)NC(CN3CCOCC3)c3ccccc3)c2)cc1. The number of hydrogen-bond acceptors (Lipinski definition) is 6. The molecule has 9 heteroatoms. The summed E-state index contributed by atoms with van der Waals surface area (Å²) in [7, 11) is -2.34. The maximum atomic E-state index is 13.2. The van der Waals surface area contributed by atoms with E-state index in [0.29, 0.717) is 31.2 Å². The zero-order chi connectivity index (χ0) is 24.7. The highest BCUT2D eigenvalue weighted by Crippen LogP contribution is 2.21. The number of carbonyl (C=O) groups excluding carboxylic acids is 1. The van der Waals surface area contributed by atoms with E-state index in [1.807, 2.05) is 30.3 Å². The minimum absolute atomic E-state index is 0.00501. The van der Waals surface area contributed by atoms with Crippen LogP contribution in [0.25, 0.3) is 0 Å². The molecule has 1 aliphatic heterocycles. The molecule has 1 fully saturated rings. The molecule has 1 saturated heterocycles. The van der Waals surface area contributed by atoms with Crippen LogP contribution in [0.5, 0.6) is 5.75 Å². The second-order valence-corrected chi connectivity index (χ2v) is 9.89. The lowest BCUT2D eigenvalue weighted by Crippen LogP contribution is -2.43. The summed E-state index contributed by atoms with van der Waals surface area (Å²) in [5, 5.41) is 3.09. The zero-order valence-electron chi connectivity index (χ0n) is 19.5. The van der Waals surface area contributed by atoms with Crippen molar-refractivity contribution in [3.63, 3.8) is 0 Å². The van der Waals surface area contributed by atoms with Crippen molar-refractivity contribution in [2.45, 2.75) is 10.9 Å². The van der Waals surface area contributed by atoms with Crippen LogP contribution in [0.1, 0.15) is 22.0 Å². The molecule has 184 valence electrons. The van der Waals surface area contributed by atoms with E-state index in [0.717, 1.165) is 18.7 Å². The fourth-order valence-electron chi connectivity index (χ4n) is 3.88. The predicted octanol–water partition coefficient (Wildman–Crippen LogP) is 3.30. The van der Waals surface area contributed by atoms with E-state index in [9.17, 15) is 13.2 Å². The van der Waals surface area contributed by atoms with Gasteiger partial charge in [-0.3, -0.25) is 14.4 Å². The molecule has 35 heavy (non-hydrogen) atoms. The molecule has 4 rings (SSSR count). The number of hydrogen-bond donors (Lipinski definition) is 2. The predicted molar refractivity (Wildman–Crippen MR) is 134 cm³/mol. The van der Waals surface area contributed by atoms with E-state index in [1.54, 1.807) is 43.5 Å². The second-order valence-electron chi connectivity index (χ2n) is 8.21. The number of rotatable bonds is 9. The first kappa shape index (κ1) is 24.7. The Hall–Kier alpha value is -3.40. The third-order valence-electron chi connectivity index (χ3n) is 5.80. The number of ether oxygens (including phenoxy) is 2. The van der Waals surface area contributed by atoms with Crippen molar-refractivity contribution in [3.8, 4) is 5.75 Å². The van der Waals surface area contributed by atoms with Gasteiger partial charge < -0.3 is 14.8 Å². The number of amides is 1. The largest absolute Gasteiger partial charge is 0.497 e. The number of methoxy groups -OCH3 is 1. The Bertz CT molecular complexity index is 1230. The van der Waals surface area contributed by atoms with Crippen molar-refractivity contribution in [1.29, 1.82) is 0 Å². The van der Waals surface area contributed by atoms with Gasteiger partial charge in [0.2, 0.25) is 0 Å². The van der Waals surface area contributed by atoms with Gasteiger partial charge in [-0.15, -0.1) is 0 Å². The van der Waals surface area contributed by atoms with Crippen LogP contribution in [0.4, 0.5) is 5.69 Å². The van der Waals surface area contributed by atoms with Gasteiger partial charge in [0, 0.05) is 30.9 Å². The summed E-state index contributed by atoms with van der Waals surface area (Å²) in [5.74, 6) is 0.283. The lowest BCUT2D eigenvalue weighted by molar-refractivity contribution is 0.0332. The first-order chi connectivity index (χ1) is 16.9. The van der Waals surface area contributed by atoms with Gasteiger partial charge >= 0.3 is 0 Å². The average molecular weight is 496 g/mol. The summed E-state index contributed by atoms with van der Waals surface area (Å²) in [4.78, 5) is 15.5. The summed E-state index contributed by atoms with van der Waals surface area (Å²) >= 11 is 0. The molecule has 0 spiro atoms. The van der Waals surface area contributed by atoms with Gasteiger partial charge in [-0.1, -0.05) is 36.4 Å². The maximum absolute atomic E-state index is 13.2. The molecular weight excluding hydrogens is 466 g/mol. The summed E-state index contributed by atoms with van der Waals surface area (Å²) in [6.45, 7) is 3.55. The minimum atomic E-state index is -3.89. The molecule has 1 amide bonds. The highest BCUT2D eigenvalue weighted by Gasteiger charge is 2.22. The molecule has 1 aliphatic rings. The van der Waals surface area contributed by atoms with Gasteiger partial charge in [-0.2, -0.15) is 0 Å². The van der Waals surface area contributed by atoms with Crippen LogP contribution in [-0.2, 0) is 14.8 Å². The van der Waals surface area contributed by atoms with Crippen LogP contribution in [0.15, 0.2) is 83.8 Å². The monoisotopic (exact) mass is 495 g/mol. The number of carbonyl (C=O) groups is 1. The van der Waals surface area contributed by atoms with Crippen molar-refractivity contribution in [1.82, 2.24) is 10.2 Å². The third-order valence-corrected chi connectivity index (χ3v) is 7.18. The van der Waals surface area contributed by atoms with Gasteiger partial charge in [0.15, 0.2) is 0 Å². The lowest BCUT2D eigenvalue weighted by atomic mass is 10.1. The molecule has 0 saturated carbocycles. The van der Waals surface area contributed by atoms with Gasteiger partial charge in [0.25, 0.3) is 15.9 Å². The van der Waals surface area contributed by atoms with Crippen LogP contribution < -0.4 is 14.8 Å². The molecular formula is C26H29N3O5S. The van der Waals surface area contributed by atoms with Crippen LogP contribution in [0.3, 0.4) is 0 Å². The van der Waals surface area contributed by atoms with Crippen molar-refractivity contribution in [2.75, 3.05) is 44.7 Å². The molecule has 1 unspecified atom stereocenters. The highest BCUT2D eigenvalue weighted by molar-refractivity contribution is 7.92. The Morgan fingerprint density at radius 3 is 2.40 bits per heavy atom. The Morgan fingerprint density at radius 2 is 1.71 bits per heavy atom. The number of sulfonamides is 1. The zero-order valence-corrected chi connectivity index (χ0v) is 20.3. The molecule has 3 aromatic carbocycles. The topological polar surface area (TPSA) is 97.0 Å². The quantitative estimate of drug-likeness (QED) is 0.473. The number of nitrogens with one attached hydrogen (secondary N) is 2. The van der Waals surface area contributed by atoms with Crippen molar-refractivity contribution in [3.05, 3.63) is 90.0 Å². The van der Waals surface area contributed by atoms with Crippen LogP contribution in [-0.4, -0.2) is 59.2 Å². The summed E-state index contributed by atoms with van der Waals surface area (Å²) in [5.41, 5.74) is 1.65. The van der Waals surface area contributed by atoms with Gasteiger partial charge in [-0.25, -0.2) is 8.42 Å². The van der Waals surface area contributed by atoms with E-state index in [4.69, 9.17) is 9.47 Å².